The van der Waals surface area contributed by atoms with Crippen molar-refractivity contribution in [1.29, 1.82) is 0 Å². The van der Waals surface area contributed by atoms with Crippen LogP contribution in [0.3, 0.4) is 0 Å². The van der Waals surface area contributed by atoms with Crippen molar-refractivity contribution in [3.8, 4) is 0 Å². The molecule has 0 bridgehead atoms. The number of unbranched alkanes of at least 4 members (excludes halogenated alkanes) is 2. The van der Waals surface area contributed by atoms with E-state index in [0.717, 1.165) is 5.56 Å². The molecule has 168 valence electrons. The number of carbonyl (C=O) groups is 5. The molecular weight excluding hydrogens is 415 g/mol. The highest BCUT2D eigenvalue weighted by Crippen LogP contribution is 2.10. The molecule has 0 unspecified atom stereocenters. The average molecular weight is 440 g/mol. The van der Waals surface area contributed by atoms with Crippen molar-refractivity contribution in [1.82, 2.24) is 15.5 Å². The minimum absolute atomic E-state index is 0.255. The van der Waals surface area contributed by atoms with E-state index < -0.39 is 17.7 Å². The lowest BCUT2D eigenvalue weighted by molar-refractivity contribution is -0.137. The zero-order valence-electron chi connectivity index (χ0n) is 17.6. The van der Waals surface area contributed by atoms with Crippen molar-refractivity contribution in [2.45, 2.75) is 32.3 Å². The molecule has 32 heavy (non-hydrogen) atoms. The van der Waals surface area contributed by atoms with Crippen molar-refractivity contribution < 1.29 is 28.6 Å². The SMILES string of the molecule is [B]OCc1ccc(NC(=O)CNC(=O)CC(=O)NCCCCCN2C(=O)C=CC2=O)cc1. The van der Waals surface area contributed by atoms with Crippen LogP contribution in [0.5, 0.6) is 0 Å². The summed E-state index contributed by atoms with van der Waals surface area (Å²) in [7, 11) is 5.00. The molecule has 11 heteroatoms. The maximum atomic E-state index is 11.9. The molecule has 2 radical (unpaired) electrons. The first-order valence-corrected chi connectivity index (χ1v) is 10.2. The third-order valence-electron chi connectivity index (χ3n) is 4.54. The number of carbonyl (C=O) groups excluding carboxylic acids is 5. The number of benzene rings is 1. The Morgan fingerprint density at radius 2 is 1.53 bits per heavy atom. The molecule has 1 aromatic carbocycles. The van der Waals surface area contributed by atoms with Crippen molar-refractivity contribution >= 4 is 43.3 Å². The van der Waals surface area contributed by atoms with Crippen molar-refractivity contribution in [3.05, 3.63) is 42.0 Å². The van der Waals surface area contributed by atoms with Gasteiger partial charge in [0.1, 0.15) is 6.42 Å². The number of nitrogens with zero attached hydrogens (tertiary/aromatic N) is 1. The molecule has 0 atom stereocenters. The maximum absolute atomic E-state index is 11.9. The highest BCUT2D eigenvalue weighted by Gasteiger charge is 2.22. The van der Waals surface area contributed by atoms with Gasteiger partial charge in [0.25, 0.3) is 19.9 Å². The van der Waals surface area contributed by atoms with Crippen LogP contribution in [0.2, 0.25) is 0 Å². The molecule has 0 aromatic heterocycles. The van der Waals surface area contributed by atoms with Crippen molar-refractivity contribution in [2.24, 2.45) is 0 Å². The molecule has 1 aliphatic rings. The summed E-state index contributed by atoms with van der Waals surface area (Å²) in [6.07, 6.45) is 4.10. The summed E-state index contributed by atoms with van der Waals surface area (Å²) < 4.78 is 4.52. The molecule has 0 fully saturated rings. The molecule has 5 amide bonds. The second kappa shape index (κ2) is 13.1. The second-order valence-corrected chi connectivity index (χ2v) is 7.08. The lowest BCUT2D eigenvalue weighted by atomic mass is 10.2. The zero-order valence-corrected chi connectivity index (χ0v) is 17.6. The Balaban J connectivity index is 1.52. The van der Waals surface area contributed by atoms with Gasteiger partial charge in [0.2, 0.25) is 17.7 Å². The lowest BCUT2D eigenvalue weighted by Gasteiger charge is -2.13. The number of nitrogens with one attached hydrogen (secondary N) is 3. The quantitative estimate of drug-likeness (QED) is 0.170. The summed E-state index contributed by atoms with van der Waals surface area (Å²) in [6, 6.07) is 6.85. The van der Waals surface area contributed by atoms with Crippen molar-refractivity contribution in [2.75, 3.05) is 25.0 Å². The van der Waals surface area contributed by atoms with Gasteiger partial charge in [-0.05, 0) is 37.0 Å². The van der Waals surface area contributed by atoms with E-state index in [9.17, 15) is 24.0 Å². The first kappa shape index (κ1) is 24.8. The minimum atomic E-state index is -0.563. The number of amides is 5. The summed E-state index contributed by atoms with van der Waals surface area (Å²) in [6.45, 7) is 0.709. The van der Waals surface area contributed by atoms with Crippen molar-refractivity contribution in [3.63, 3.8) is 0 Å². The fourth-order valence-electron chi connectivity index (χ4n) is 2.89. The monoisotopic (exact) mass is 440 g/mol. The molecule has 3 N–H and O–H groups in total. The van der Waals surface area contributed by atoms with Gasteiger partial charge >= 0.3 is 0 Å². The van der Waals surface area contributed by atoms with E-state index in [4.69, 9.17) is 8.05 Å². The molecule has 1 aliphatic heterocycles. The summed E-state index contributed by atoms with van der Waals surface area (Å²) in [4.78, 5) is 59.5. The lowest BCUT2D eigenvalue weighted by Crippen LogP contribution is -2.36. The van der Waals surface area contributed by atoms with Crippen LogP contribution in [-0.2, 0) is 35.2 Å². The molecule has 10 nitrogen and oxygen atoms in total. The fourth-order valence-corrected chi connectivity index (χ4v) is 2.89. The number of hydrogen-bond donors (Lipinski definition) is 3. The zero-order chi connectivity index (χ0) is 23.3. The largest absolute Gasteiger partial charge is 0.444 e. The van der Waals surface area contributed by atoms with Gasteiger partial charge < -0.3 is 20.6 Å². The van der Waals surface area contributed by atoms with Crippen LogP contribution in [-0.4, -0.2) is 62.1 Å². The number of imide groups is 1. The van der Waals surface area contributed by atoms with Gasteiger partial charge in [0, 0.05) is 30.9 Å². The Morgan fingerprint density at radius 3 is 2.19 bits per heavy atom. The normalized spacial score (nSPS) is 12.7. The molecule has 1 aromatic rings. The Kier molecular flexibility index (Phi) is 10.1. The third-order valence-corrected chi connectivity index (χ3v) is 4.54. The number of anilines is 1. The van der Waals surface area contributed by atoms with Gasteiger partial charge in [-0.3, -0.25) is 28.9 Å². The number of rotatable bonds is 13. The van der Waals surface area contributed by atoms with Crippen LogP contribution < -0.4 is 16.0 Å². The Morgan fingerprint density at radius 1 is 0.875 bits per heavy atom. The second-order valence-electron chi connectivity index (χ2n) is 7.08. The van der Waals surface area contributed by atoms with E-state index in [1.165, 1.54) is 17.1 Å². The van der Waals surface area contributed by atoms with Crippen LogP contribution >= 0.6 is 0 Å². The van der Waals surface area contributed by atoms with E-state index in [0.29, 0.717) is 38.0 Å². The Bertz CT molecular complexity index is 854. The van der Waals surface area contributed by atoms with Crippen LogP contribution in [0.25, 0.3) is 0 Å². The summed E-state index contributed by atoms with van der Waals surface area (Å²) in [5.74, 6) is -2.05. The highest BCUT2D eigenvalue weighted by atomic mass is 16.4. The van der Waals surface area contributed by atoms with E-state index in [2.05, 4.69) is 20.6 Å². The highest BCUT2D eigenvalue weighted by molar-refractivity contribution is 6.12. The predicted molar refractivity (Wildman–Crippen MR) is 116 cm³/mol. The summed E-state index contributed by atoms with van der Waals surface area (Å²) in [5.41, 5.74) is 1.40. The smallest absolute Gasteiger partial charge is 0.283 e. The van der Waals surface area contributed by atoms with E-state index in [-0.39, 0.29) is 31.4 Å². The molecule has 0 saturated carbocycles. The van der Waals surface area contributed by atoms with Gasteiger partial charge in [0.15, 0.2) is 0 Å². The molecule has 1 heterocycles. The fraction of sp³-hybridized carbons (Fsp3) is 0.381. The van der Waals surface area contributed by atoms with Gasteiger partial charge in [-0.25, -0.2) is 0 Å². The Hall–Kier alpha value is -3.47. The molecular formula is C21H25BN4O6. The van der Waals surface area contributed by atoms with Gasteiger partial charge in [-0.1, -0.05) is 12.1 Å². The molecule has 0 spiro atoms. The average Bonchev–Trinajstić information content (AvgIpc) is 3.08. The topological polar surface area (TPSA) is 134 Å². The van der Waals surface area contributed by atoms with E-state index in [1.807, 2.05) is 0 Å². The molecule has 0 saturated heterocycles. The van der Waals surface area contributed by atoms with Gasteiger partial charge in [0.05, 0.1) is 13.2 Å². The minimum Gasteiger partial charge on any atom is -0.444 e. The predicted octanol–water partition coefficient (Wildman–Crippen LogP) is -0.0570. The Labute approximate surface area is 187 Å². The first-order valence-electron chi connectivity index (χ1n) is 10.2. The maximum Gasteiger partial charge on any atom is 0.283 e. The first-order chi connectivity index (χ1) is 15.4. The van der Waals surface area contributed by atoms with E-state index >= 15 is 0 Å². The molecule has 2 rings (SSSR count). The standard InChI is InChI=1S/C21H25BN4O6/c22-32-14-15-4-6-16(7-5-15)25-19(29)13-24-18(28)12-17(27)23-10-2-1-3-11-26-20(30)8-9-21(26)31/h4-9H,1-3,10-14H2,(H,23,27)(H,24,28)(H,25,29). The van der Waals surface area contributed by atoms with Crippen LogP contribution in [0, 0.1) is 0 Å². The van der Waals surface area contributed by atoms with Gasteiger partial charge in [-0.2, -0.15) is 0 Å². The summed E-state index contributed by atoms with van der Waals surface area (Å²) in [5, 5.41) is 7.64. The third kappa shape index (κ3) is 8.72. The van der Waals surface area contributed by atoms with Crippen LogP contribution in [0.4, 0.5) is 5.69 Å². The number of hydrogen-bond acceptors (Lipinski definition) is 6. The van der Waals surface area contributed by atoms with Crippen LogP contribution in [0.1, 0.15) is 31.2 Å². The molecule has 0 aliphatic carbocycles. The van der Waals surface area contributed by atoms with E-state index in [1.54, 1.807) is 24.3 Å². The van der Waals surface area contributed by atoms with Crippen LogP contribution in [0.15, 0.2) is 36.4 Å². The van der Waals surface area contributed by atoms with Gasteiger partial charge in [-0.15, -0.1) is 0 Å². The summed E-state index contributed by atoms with van der Waals surface area (Å²) >= 11 is 0.